The van der Waals surface area contributed by atoms with E-state index >= 15 is 0 Å². The van der Waals surface area contributed by atoms with Gasteiger partial charge in [-0.15, -0.1) is 0 Å². The number of nitrogens with zero attached hydrogens (tertiary/aromatic N) is 14. The highest BCUT2D eigenvalue weighted by Crippen LogP contribution is 2.48. The summed E-state index contributed by atoms with van der Waals surface area (Å²) in [6.45, 7) is 33.6. The van der Waals surface area contributed by atoms with Gasteiger partial charge in [0.05, 0.1) is 94.0 Å². The second-order valence-corrected chi connectivity index (χ2v) is 37.3. The van der Waals surface area contributed by atoms with Crippen LogP contribution in [-0.4, -0.2) is 247 Å². The number of nitrogens with one attached hydrogen (secondary N) is 1. The maximum atomic E-state index is 13.3. The number of carboxylic acid groups (broad SMARTS) is 1. The molecule has 8 amide bonds. The van der Waals surface area contributed by atoms with E-state index in [9.17, 15) is 77.9 Å². The molecule has 6 aromatic rings. The van der Waals surface area contributed by atoms with Crippen molar-refractivity contribution in [3.63, 3.8) is 0 Å². The monoisotopic (exact) mass is 1870 g/mol. The summed E-state index contributed by atoms with van der Waals surface area (Å²) in [7, 11) is -0.416. The van der Waals surface area contributed by atoms with Gasteiger partial charge in [-0.05, 0) is 144 Å². The number of halogens is 10. The molecule has 0 bridgehead atoms. The third kappa shape index (κ3) is 22.6. The average Bonchev–Trinajstić information content (AvgIpc) is 1.28. The first-order valence-electron chi connectivity index (χ1n) is 41.4. The van der Waals surface area contributed by atoms with Crippen molar-refractivity contribution in [3.8, 4) is 22.3 Å². The number of carboxylic acids is 1. The van der Waals surface area contributed by atoms with E-state index in [2.05, 4.69) is 36.5 Å². The van der Waals surface area contributed by atoms with E-state index in [0.717, 1.165) is 45.3 Å². The van der Waals surface area contributed by atoms with Gasteiger partial charge in [0, 0.05) is 164 Å². The zero-order valence-corrected chi connectivity index (χ0v) is 74.6. The lowest BCUT2D eigenvalue weighted by molar-refractivity contribution is -0.192. The van der Waals surface area contributed by atoms with Crippen LogP contribution in [0.2, 0.25) is 0 Å². The molecule has 3 atom stereocenters. The number of fused-ring (bicyclic) bond motifs is 3. The fraction of sp³-hybridized carbons (Fsp3) is 0.576. The van der Waals surface area contributed by atoms with E-state index in [1.807, 2.05) is 142 Å². The van der Waals surface area contributed by atoms with Crippen molar-refractivity contribution < 1.29 is 121 Å². The molecule has 10 aliphatic rings. The molecule has 0 spiro atoms. The maximum Gasteiger partial charge on any atom is 0.498 e. The molecule has 7 aliphatic heterocycles. The van der Waals surface area contributed by atoms with Gasteiger partial charge in [0.25, 0.3) is 17.8 Å². The molecule has 4 saturated heterocycles. The minimum atomic E-state index is -5.08. The third-order valence-electron chi connectivity index (χ3n) is 23.0. The fourth-order valence-electron chi connectivity index (χ4n) is 15.5. The maximum absolute atomic E-state index is 13.3. The summed E-state index contributed by atoms with van der Waals surface area (Å²) >= 11 is 3.35. The number of amides is 8. The van der Waals surface area contributed by atoms with Crippen LogP contribution in [0, 0.1) is 0 Å². The molecular weight excluding hydrogens is 1760 g/mol. The van der Waals surface area contributed by atoms with Crippen LogP contribution >= 0.6 is 15.9 Å². The topological polar surface area (TPSA) is 330 Å². The Morgan fingerprint density at radius 2 is 0.773 bits per heavy atom. The first-order chi connectivity index (χ1) is 58.9. The van der Waals surface area contributed by atoms with Crippen molar-refractivity contribution in [2.75, 3.05) is 88.3 Å². The van der Waals surface area contributed by atoms with Crippen LogP contribution in [0.15, 0.2) is 96.3 Å². The van der Waals surface area contributed by atoms with Crippen molar-refractivity contribution in [3.05, 3.63) is 96.3 Å². The number of carbonyl (C=O) groups excluding carboxylic acids is 8. The van der Waals surface area contributed by atoms with Gasteiger partial charge < -0.3 is 67.9 Å². The Labute approximate surface area is 743 Å². The van der Waals surface area contributed by atoms with Crippen LogP contribution in [0.4, 0.5) is 97.6 Å². The molecule has 32 nitrogen and oxygen atoms in total. The number of aliphatic carboxylic acids is 1. The molecule has 128 heavy (non-hydrogen) atoms. The van der Waals surface area contributed by atoms with Crippen LogP contribution in [0.5, 0.6) is 0 Å². The predicted molar refractivity (Wildman–Crippen MR) is 457 cm³/mol. The van der Waals surface area contributed by atoms with Crippen LogP contribution < -0.4 is 40.2 Å². The van der Waals surface area contributed by atoms with Gasteiger partial charge in [-0.2, -0.15) is 28.5 Å². The van der Waals surface area contributed by atoms with Gasteiger partial charge in [0.2, 0.25) is 17.7 Å². The lowest BCUT2D eigenvalue weighted by Crippen LogP contribution is -2.53. The average molecular weight is 1870 g/mol. The molecule has 3 saturated carbocycles. The van der Waals surface area contributed by atoms with Gasteiger partial charge in [-0.25, -0.2) is 55.1 Å². The minimum Gasteiger partial charge on any atom is -0.475 e. The molecule has 43 heteroatoms. The number of likely N-dealkylation sites (tertiary alicyclic amines) is 2. The molecule has 7 fully saturated rings. The van der Waals surface area contributed by atoms with E-state index < -0.39 is 123 Å². The lowest BCUT2D eigenvalue weighted by Gasteiger charge is -2.42. The van der Waals surface area contributed by atoms with Crippen molar-refractivity contribution in [2.24, 2.45) is 0 Å². The summed E-state index contributed by atoms with van der Waals surface area (Å²) in [5.41, 5.74) is 5.62. The molecule has 3 aromatic heterocycles. The number of hydrogen-bond acceptors (Lipinski definition) is 20. The Hall–Kier alpha value is -10.7. The molecule has 3 aliphatic carbocycles. The zero-order valence-electron chi connectivity index (χ0n) is 73.1. The highest BCUT2D eigenvalue weighted by molar-refractivity contribution is 9.10. The number of carbonyl (C=O) groups is 9. The summed E-state index contributed by atoms with van der Waals surface area (Å²) in [5, 5.41) is 23.7. The Morgan fingerprint density at radius 1 is 0.461 bits per heavy atom. The van der Waals surface area contributed by atoms with Crippen molar-refractivity contribution in [1.29, 1.82) is 0 Å². The Balaban J connectivity index is 0.000000163. The first kappa shape index (κ1) is 97.9. The molecule has 0 radical (unpaired) electrons. The number of alkyl halides is 9. The van der Waals surface area contributed by atoms with Crippen LogP contribution in [0.1, 0.15) is 175 Å². The second kappa shape index (κ2) is 37.1. The summed E-state index contributed by atoms with van der Waals surface area (Å²) in [6.07, 6.45) is -1.89. The molecule has 2 N–H and O–H groups in total. The van der Waals surface area contributed by atoms with Gasteiger partial charge in [-0.3, -0.25) is 43.1 Å². The molecular formula is C85H108BBrF9N15O17. The van der Waals surface area contributed by atoms with E-state index in [4.69, 9.17) is 42.9 Å². The first-order valence-corrected chi connectivity index (χ1v) is 42.2. The Bertz CT molecular complexity index is 5100. The molecule has 16 rings (SSSR count). The number of benzene rings is 3. The van der Waals surface area contributed by atoms with Gasteiger partial charge >= 0.3 is 49.7 Å². The van der Waals surface area contributed by atoms with Crippen molar-refractivity contribution in [2.45, 2.75) is 258 Å². The number of aromatic nitrogens is 6. The van der Waals surface area contributed by atoms with Crippen LogP contribution in [0.3, 0.4) is 0 Å². The standard InChI is InChI=1S/C27H33F2N5O5.C22H25F2N5O3.C17H28BN3O4.C16H17BrF2N2O3.C2HF3O2.CH4/c1-16-12-32(25(37)38-21-9-27(28,29)10-21)23-8-18(6-7-22(23)34(16)17(2)35)19-11-30-33(13-19)20-14-31(15-20)24(36)39-26(3,4)5;1-13-11-27(21(31)32-18-6-22(23,24)7-18)20-5-15(3-4-19(20)29(13)14(2)30)16-8-26-28(12-16)17-9-25-10-17;1-15(2,3)23-14(22)20-10-13(11-20)21-9-12(8-19-21)18-24-16(4,5)17(6,7)25-18;1-9-8-20(15(23)24-12-6-16(18,19)7-12)14-5-11(17)3-4-13(14)21(9)10(2)22;3-2(4,5)1(6)7;/h6-8,11,13,16,20-21H,9-10,12,14-15H2,1-5H3;3-5,8,12-13,17-18,25H,6-7,9-11H2,1-2H3;8-9,13H,10-11H2,1-7H3;3-5,9,12H,6-8H2,1-2H3;(H,6,7);1H4/t16-;13-;;9-;;/m00.0../s1. The SMILES string of the molecule is C.CC(=O)N1c2ccc(-c3cnn(C4CN(C(=O)OC(C)(C)C)C4)c3)cc2N(C(=O)OC2CC(F)(F)C2)C[C@@H]1C.CC(=O)N1c2ccc(-c3cnn(C4CNC4)c3)cc2N(C(=O)OC2CC(F)(F)C2)C[C@@H]1C.CC(=O)N1c2ccc(Br)cc2N(C(=O)OC2CC(F)(F)C2)C[C@@H]1C.CC(C)(C)OC(=O)N1CC(n2cc(B3OC(C)(C)C(C)(C)O3)cn2)C1.O=C(O)C(F)(F)F. The minimum absolute atomic E-state index is 0. The molecule has 0 unspecified atom stereocenters. The second-order valence-electron chi connectivity index (χ2n) is 36.3. The Morgan fingerprint density at radius 3 is 1.08 bits per heavy atom. The quantitative estimate of drug-likeness (QED) is 0.0771. The fourth-order valence-corrected chi connectivity index (χ4v) is 15.9. The van der Waals surface area contributed by atoms with Gasteiger partial charge in [0.15, 0.2) is 0 Å². The lowest BCUT2D eigenvalue weighted by atomic mass is 9.82. The van der Waals surface area contributed by atoms with Crippen molar-refractivity contribution >= 4 is 117 Å². The largest absolute Gasteiger partial charge is 0.498 e. The number of hydrogen-bond donors (Lipinski definition) is 2. The summed E-state index contributed by atoms with van der Waals surface area (Å²) in [4.78, 5) is 121. The summed E-state index contributed by atoms with van der Waals surface area (Å²) in [6, 6.07) is 15.8. The zero-order chi connectivity index (χ0) is 93.2. The smallest absolute Gasteiger partial charge is 0.475 e. The van der Waals surface area contributed by atoms with Gasteiger partial charge in [-0.1, -0.05) is 35.5 Å². The highest BCUT2D eigenvalue weighted by Gasteiger charge is 2.55. The van der Waals surface area contributed by atoms with E-state index in [1.165, 1.54) is 35.5 Å². The number of anilines is 6. The summed E-state index contributed by atoms with van der Waals surface area (Å²) in [5.74, 6) is -11.5. The third-order valence-corrected chi connectivity index (χ3v) is 23.5. The number of ether oxygens (including phenoxy) is 5. The van der Waals surface area contributed by atoms with Crippen molar-refractivity contribution in [1.82, 2.24) is 44.5 Å². The highest BCUT2D eigenvalue weighted by atomic mass is 79.9. The summed E-state index contributed by atoms with van der Waals surface area (Å²) < 4.78 is 156. The number of rotatable bonds is 9. The van der Waals surface area contributed by atoms with E-state index in [1.54, 1.807) is 78.1 Å². The van der Waals surface area contributed by atoms with E-state index in [-0.39, 0.29) is 98.4 Å². The normalized spacial score (nSPS) is 21.4. The molecule has 698 valence electrons. The predicted octanol–water partition coefficient (Wildman–Crippen LogP) is 15.2. The van der Waals surface area contributed by atoms with E-state index in [0.29, 0.717) is 66.3 Å². The van der Waals surface area contributed by atoms with Crippen LogP contribution in [-0.2, 0) is 52.2 Å². The Kier molecular flexibility index (Phi) is 28.3. The molecule has 10 heterocycles. The van der Waals surface area contributed by atoms with Gasteiger partial charge in [0.1, 0.15) is 29.5 Å². The van der Waals surface area contributed by atoms with Crippen LogP contribution in [0.25, 0.3) is 22.3 Å². The molecule has 3 aromatic carbocycles.